The van der Waals surface area contributed by atoms with E-state index in [1.54, 1.807) is 18.2 Å². The zero-order valence-electron chi connectivity index (χ0n) is 16.8. The summed E-state index contributed by atoms with van der Waals surface area (Å²) >= 11 is 18.2. The molecule has 172 valence electrons. The molecule has 1 aliphatic heterocycles. The van der Waals surface area contributed by atoms with Crippen molar-refractivity contribution in [1.29, 1.82) is 0 Å². The van der Waals surface area contributed by atoms with Crippen molar-refractivity contribution in [3.05, 3.63) is 62.6 Å². The maximum atomic E-state index is 13.2. The molecule has 4 N–H and O–H groups in total. The van der Waals surface area contributed by atoms with E-state index < -0.39 is 30.2 Å². The highest BCUT2D eigenvalue weighted by atomic mass is 35.5. The first-order chi connectivity index (χ1) is 15.0. The maximum absolute atomic E-state index is 13.2. The van der Waals surface area contributed by atoms with E-state index in [0.29, 0.717) is 15.7 Å². The predicted molar refractivity (Wildman–Crippen MR) is 120 cm³/mol. The van der Waals surface area contributed by atoms with Gasteiger partial charge in [-0.15, -0.1) is 0 Å². The molecule has 1 heterocycles. The smallest absolute Gasteiger partial charge is 0.325 e. The number of nitrogens with zero attached hydrogens (tertiary/aromatic N) is 1. The van der Waals surface area contributed by atoms with E-state index in [-0.39, 0.29) is 16.5 Å². The van der Waals surface area contributed by atoms with Crippen LogP contribution in [0.1, 0.15) is 22.8 Å². The summed E-state index contributed by atoms with van der Waals surface area (Å²) in [5, 5.41) is 6.22. The summed E-state index contributed by atoms with van der Waals surface area (Å²) < 4.78 is 39.6. The lowest BCUT2D eigenvalue weighted by molar-refractivity contribution is -0.160. The van der Waals surface area contributed by atoms with Crippen molar-refractivity contribution in [3.8, 4) is 0 Å². The molecule has 6 nitrogen and oxygen atoms in total. The molecule has 3 atom stereocenters. The number of benzene rings is 2. The highest BCUT2D eigenvalue weighted by Gasteiger charge is 2.49. The average molecular weight is 509 g/mol. The number of amides is 1. The SMILES string of the molecule is Cc1ccc(NC(=NC2NNC(C(F)(F)F)C2C)NC(=O)c2ccc(Cl)cc2Cl)c(Cl)c1. The second-order valence-corrected chi connectivity index (χ2v) is 8.53. The highest BCUT2D eigenvalue weighted by molar-refractivity contribution is 6.37. The number of hydrazine groups is 1. The van der Waals surface area contributed by atoms with Gasteiger partial charge in [-0.2, -0.15) is 13.2 Å². The van der Waals surface area contributed by atoms with E-state index in [2.05, 4.69) is 26.5 Å². The summed E-state index contributed by atoms with van der Waals surface area (Å²) in [6.45, 7) is 3.25. The van der Waals surface area contributed by atoms with Crippen LogP contribution in [0.15, 0.2) is 41.4 Å². The van der Waals surface area contributed by atoms with E-state index in [1.807, 2.05) is 6.92 Å². The fourth-order valence-corrected chi connectivity index (χ4v) is 3.86. The molecule has 12 heteroatoms. The van der Waals surface area contributed by atoms with Gasteiger partial charge in [0.15, 0.2) is 0 Å². The van der Waals surface area contributed by atoms with Gasteiger partial charge in [0.1, 0.15) is 12.2 Å². The van der Waals surface area contributed by atoms with E-state index in [4.69, 9.17) is 34.8 Å². The first-order valence-electron chi connectivity index (χ1n) is 9.41. The zero-order chi connectivity index (χ0) is 23.6. The van der Waals surface area contributed by atoms with E-state index in [9.17, 15) is 18.0 Å². The number of aryl methyl sites for hydroxylation is 1. The van der Waals surface area contributed by atoms with Crippen LogP contribution < -0.4 is 21.5 Å². The summed E-state index contributed by atoms with van der Waals surface area (Å²) in [4.78, 5) is 17.1. The predicted octanol–water partition coefficient (Wildman–Crippen LogP) is 5.15. The molecule has 1 aliphatic rings. The Kier molecular flexibility index (Phi) is 7.57. The number of nitrogens with one attached hydrogen (secondary N) is 4. The van der Waals surface area contributed by atoms with Crippen LogP contribution in [0, 0.1) is 12.8 Å². The van der Waals surface area contributed by atoms with Gasteiger partial charge in [0.25, 0.3) is 5.91 Å². The first kappa shape index (κ1) is 24.6. The molecule has 0 aliphatic carbocycles. The fraction of sp³-hybridized carbons (Fsp3) is 0.300. The van der Waals surface area contributed by atoms with E-state index in [0.717, 1.165) is 5.56 Å². The number of carbonyl (C=O) groups excluding carboxylic acids is 1. The number of hydrogen-bond donors (Lipinski definition) is 4. The second kappa shape index (κ2) is 9.84. The summed E-state index contributed by atoms with van der Waals surface area (Å²) in [6, 6.07) is 7.64. The Balaban J connectivity index is 1.90. The van der Waals surface area contributed by atoms with Crippen LogP contribution in [-0.2, 0) is 0 Å². The van der Waals surface area contributed by atoms with Gasteiger partial charge in [0.2, 0.25) is 5.96 Å². The van der Waals surface area contributed by atoms with Crippen LogP contribution in [-0.4, -0.2) is 30.3 Å². The molecule has 3 unspecified atom stereocenters. The number of halogens is 6. The molecule has 3 rings (SSSR count). The summed E-state index contributed by atoms with van der Waals surface area (Å²) in [5.74, 6) is -1.70. The van der Waals surface area contributed by atoms with Crippen molar-refractivity contribution in [2.24, 2.45) is 10.9 Å². The van der Waals surface area contributed by atoms with Crippen molar-refractivity contribution in [2.45, 2.75) is 32.2 Å². The molecule has 1 amide bonds. The van der Waals surface area contributed by atoms with Crippen LogP contribution >= 0.6 is 34.8 Å². The molecule has 1 saturated heterocycles. The van der Waals surface area contributed by atoms with Gasteiger partial charge in [-0.25, -0.2) is 15.8 Å². The minimum absolute atomic E-state index is 0.105. The largest absolute Gasteiger partial charge is 0.405 e. The minimum Gasteiger partial charge on any atom is -0.325 e. The van der Waals surface area contributed by atoms with Crippen LogP contribution in [0.4, 0.5) is 18.9 Å². The van der Waals surface area contributed by atoms with E-state index in [1.165, 1.54) is 25.1 Å². The molecule has 1 fully saturated rings. The van der Waals surface area contributed by atoms with Crippen molar-refractivity contribution in [1.82, 2.24) is 16.2 Å². The van der Waals surface area contributed by atoms with Gasteiger partial charge < -0.3 is 5.32 Å². The lowest BCUT2D eigenvalue weighted by Gasteiger charge is -2.20. The Bertz CT molecular complexity index is 1050. The van der Waals surface area contributed by atoms with Gasteiger partial charge in [-0.3, -0.25) is 10.1 Å². The van der Waals surface area contributed by atoms with Gasteiger partial charge in [-0.1, -0.05) is 47.8 Å². The monoisotopic (exact) mass is 507 g/mol. The molecule has 0 bridgehead atoms. The number of aliphatic imine (C=N–C) groups is 1. The van der Waals surface area contributed by atoms with Gasteiger partial charge in [0.05, 0.1) is 21.3 Å². The van der Waals surface area contributed by atoms with Crippen molar-refractivity contribution < 1.29 is 18.0 Å². The third-order valence-corrected chi connectivity index (χ3v) is 5.68. The molecule has 0 saturated carbocycles. The standard InChI is InChI=1S/C20H19Cl3F3N5O/c1-9-3-6-15(14(23)7-9)27-19(28-17-10(2)16(30-31-17)20(24,25)26)29-18(32)12-5-4-11(21)8-13(12)22/h3-8,10,16-17,30-31H,1-2H3,(H2,27,28,29,32). The quantitative estimate of drug-likeness (QED) is 0.341. The Labute approximate surface area is 197 Å². The molecule has 0 spiro atoms. The number of anilines is 1. The molecule has 0 aromatic heterocycles. The number of hydrogen-bond acceptors (Lipinski definition) is 4. The van der Waals surface area contributed by atoms with Crippen LogP contribution in [0.25, 0.3) is 0 Å². The van der Waals surface area contributed by atoms with Gasteiger partial charge >= 0.3 is 6.18 Å². The zero-order valence-corrected chi connectivity index (χ0v) is 19.1. The third-order valence-electron chi connectivity index (χ3n) is 4.82. The Morgan fingerprint density at radius 3 is 2.38 bits per heavy atom. The van der Waals surface area contributed by atoms with Gasteiger partial charge in [-0.05, 0) is 42.8 Å². The molecular formula is C20H19Cl3F3N5O. The lowest BCUT2D eigenvalue weighted by atomic mass is 10.0. The Hall–Kier alpha value is -2.04. The summed E-state index contributed by atoms with van der Waals surface area (Å²) in [5.41, 5.74) is 6.13. The molecule has 2 aromatic rings. The van der Waals surface area contributed by atoms with Crippen LogP contribution in [0.3, 0.4) is 0 Å². The van der Waals surface area contributed by atoms with Crippen molar-refractivity contribution in [3.63, 3.8) is 0 Å². The van der Waals surface area contributed by atoms with Gasteiger partial charge in [0, 0.05) is 10.9 Å². The van der Waals surface area contributed by atoms with Crippen molar-refractivity contribution in [2.75, 3.05) is 5.32 Å². The van der Waals surface area contributed by atoms with Crippen LogP contribution in [0.5, 0.6) is 0 Å². The number of carbonyl (C=O) groups is 1. The number of alkyl halides is 3. The Morgan fingerprint density at radius 1 is 1.06 bits per heavy atom. The van der Waals surface area contributed by atoms with Crippen LogP contribution in [0.2, 0.25) is 15.1 Å². The molecular weight excluding hydrogens is 490 g/mol. The van der Waals surface area contributed by atoms with Crippen molar-refractivity contribution >= 4 is 52.4 Å². The summed E-state index contributed by atoms with van der Waals surface area (Å²) in [6.07, 6.45) is -5.46. The Morgan fingerprint density at radius 2 is 1.78 bits per heavy atom. The minimum atomic E-state index is -4.47. The summed E-state index contributed by atoms with van der Waals surface area (Å²) in [7, 11) is 0. The van der Waals surface area contributed by atoms with E-state index >= 15 is 0 Å². The fourth-order valence-electron chi connectivity index (χ4n) is 3.08. The topological polar surface area (TPSA) is 77.6 Å². The normalized spacial score (nSPS) is 21.5. The highest BCUT2D eigenvalue weighted by Crippen LogP contribution is 2.30. The lowest BCUT2D eigenvalue weighted by Crippen LogP contribution is -2.43. The first-order valence-corrected chi connectivity index (χ1v) is 10.5. The number of rotatable bonds is 3. The number of guanidine groups is 1. The molecule has 2 aromatic carbocycles. The average Bonchev–Trinajstić information content (AvgIpc) is 3.04. The molecule has 32 heavy (non-hydrogen) atoms. The molecule has 0 radical (unpaired) electrons. The second-order valence-electron chi connectivity index (χ2n) is 7.28. The maximum Gasteiger partial charge on any atom is 0.405 e. The third kappa shape index (κ3) is 5.85.